The van der Waals surface area contributed by atoms with E-state index < -0.39 is 0 Å². The van der Waals surface area contributed by atoms with Crippen molar-refractivity contribution in [2.45, 2.75) is 39.7 Å². The van der Waals surface area contributed by atoms with Crippen molar-refractivity contribution in [3.05, 3.63) is 30.0 Å². The number of rotatable bonds is 6. The first-order valence-corrected chi connectivity index (χ1v) is 7.70. The summed E-state index contributed by atoms with van der Waals surface area (Å²) in [5.41, 5.74) is 1.58. The Morgan fingerprint density at radius 1 is 1.23 bits per heavy atom. The van der Waals surface area contributed by atoms with Crippen LogP contribution in [0.2, 0.25) is 0 Å². The number of nitrogens with zero attached hydrogens (tertiary/aromatic N) is 2. The molecular weight excluding hydrogens is 280 g/mol. The molecule has 0 spiro atoms. The van der Waals surface area contributed by atoms with Crippen molar-refractivity contribution in [1.82, 2.24) is 9.78 Å². The molecule has 0 aliphatic rings. The number of hydrogen-bond donors (Lipinski definition) is 0. The highest BCUT2D eigenvalue weighted by Crippen LogP contribution is 2.17. The lowest BCUT2D eigenvalue weighted by molar-refractivity contribution is 0.0601. The average Bonchev–Trinajstić information content (AvgIpc) is 2.94. The lowest BCUT2D eigenvalue weighted by Gasteiger charge is -2.04. The largest absolute Gasteiger partial charge is 0.465 e. The molecule has 0 N–H and O–H groups in total. The van der Waals surface area contributed by atoms with Gasteiger partial charge < -0.3 is 9.47 Å². The third kappa shape index (κ3) is 5.15. The average molecular weight is 306 g/mol. The lowest BCUT2D eigenvalue weighted by atomic mass is 10.1. The van der Waals surface area contributed by atoms with Crippen LogP contribution in [-0.4, -0.2) is 36.6 Å². The number of hydrogen-bond acceptors (Lipinski definition) is 4. The van der Waals surface area contributed by atoms with Gasteiger partial charge in [0.1, 0.15) is 0 Å². The smallest absolute Gasteiger partial charge is 0.337 e. The first-order chi connectivity index (χ1) is 10.7. The van der Waals surface area contributed by atoms with Crippen molar-refractivity contribution in [3.8, 4) is 0 Å². The van der Waals surface area contributed by atoms with Gasteiger partial charge >= 0.3 is 5.97 Å². The highest BCUT2D eigenvalue weighted by Gasteiger charge is 2.08. The van der Waals surface area contributed by atoms with E-state index in [2.05, 4.69) is 18.9 Å². The van der Waals surface area contributed by atoms with E-state index in [4.69, 9.17) is 9.47 Å². The van der Waals surface area contributed by atoms with Crippen molar-refractivity contribution < 1.29 is 14.3 Å². The summed E-state index contributed by atoms with van der Waals surface area (Å²) in [7, 11) is 3.09. The van der Waals surface area contributed by atoms with Crippen LogP contribution in [0.15, 0.2) is 24.4 Å². The van der Waals surface area contributed by atoms with Crippen LogP contribution in [0.25, 0.3) is 10.9 Å². The van der Waals surface area contributed by atoms with E-state index in [0.717, 1.165) is 36.9 Å². The molecule has 0 aliphatic heterocycles. The number of methoxy groups -OCH3 is 2. The van der Waals surface area contributed by atoms with Crippen LogP contribution >= 0.6 is 0 Å². The minimum atomic E-state index is -0.324. The zero-order valence-electron chi connectivity index (χ0n) is 14.0. The van der Waals surface area contributed by atoms with Crippen LogP contribution in [0.3, 0.4) is 0 Å². The molecule has 0 radical (unpaired) electrons. The Hall–Kier alpha value is -1.88. The molecule has 122 valence electrons. The van der Waals surface area contributed by atoms with Crippen molar-refractivity contribution >= 4 is 16.9 Å². The van der Waals surface area contributed by atoms with Gasteiger partial charge in [0.2, 0.25) is 0 Å². The normalized spacial score (nSPS) is 10.2. The summed E-state index contributed by atoms with van der Waals surface area (Å²) in [5.74, 6) is -0.324. The van der Waals surface area contributed by atoms with E-state index >= 15 is 0 Å². The van der Waals surface area contributed by atoms with E-state index in [0.29, 0.717) is 5.56 Å². The number of benzene rings is 1. The van der Waals surface area contributed by atoms with Gasteiger partial charge in [0.25, 0.3) is 0 Å². The van der Waals surface area contributed by atoms with Gasteiger partial charge in [0.05, 0.1) is 24.4 Å². The topological polar surface area (TPSA) is 53.4 Å². The molecule has 5 heteroatoms. The molecule has 0 fully saturated rings. The van der Waals surface area contributed by atoms with Crippen LogP contribution in [0.1, 0.15) is 43.5 Å². The molecule has 5 nitrogen and oxygen atoms in total. The Labute approximate surface area is 132 Å². The monoisotopic (exact) mass is 306 g/mol. The van der Waals surface area contributed by atoms with E-state index in [-0.39, 0.29) is 5.97 Å². The zero-order valence-corrected chi connectivity index (χ0v) is 14.0. The Morgan fingerprint density at radius 3 is 2.59 bits per heavy atom. The third-order valence-electron chi connectivity index (χ3n) is 3.03. The molecule has 0 amide bonds. The van der Waals surface area contributed by atoms with Crippen molar-refractivity contribution in [2.24, 2.45) is 0 Å². The maximum atomic E-state index is 11.4. The molecular formula is C17H26N2O3. The molecule has 2 rings (SSSR count). The molecule has 0 unspecified atom stereocenters. The molecule has 2 aromatic rings. The van der Waals surface area contributed by atoms with E-state index in [9.17, 15) is 4.79 Å². The number of unbranched alkanes of at least 4 members (excludes halogenated alkanes) is 1. The molecule has 0 bridgehead atoms. The van der Waals surface area contributed by atoms with Crippen LogP contribution in [0, 0.1) is 0 Å². The fourth-order valence-corrected chi connectivity index (χ4v) is 2.02. The maximum Gasteiger partial charge on any atom is 0.337 e. The second-order valence-corrected chi connectivity index (χ2v) is 5.04. The van der Waals surface area contributed by atoms with Crippen LogP contribution in [0.4, 0.5) is 0 Å². The maximum absolute atomic E-state index is 11.4. The Bertz CT molecular complexity index is 578. The molecule has 0 saturated carbocycles. The Balaban J connectivity index is 0.000000745. The first kappa shape index (κ1) is 18.2. The zero-order chi connectivity index (χ0) is 16.4. The van der Waals surface area contributed by atoms with Crippen LogP contribution < -0.4 is 0 Å². The SMILES string of the molecule is CCC.COCCCCn1ncc2cc(C(=O)OC)ccc21. The number of esters is 1. The van der Waals surface area contributed by atoms with Crippen molar-refractivity contribution in [1.29, 1.82) is 0 Å². The summed E-state index contributed by atoms with van der Waals surface area (Å²) in [6.45, 7) is 5.87. The van der Waals surface area contributed by atoms with Gasteiger partial charge in [-0.15, -0.1) is 0 Å². The predicted octanol–water partition coefficient (Wildman–Crippen LogP) is 3.67. The van der Waals surface area contributed by atoms with Gasteiger partial charge in [-0.05, 0) is 31.0 Å². The molecule has 0 atom stereocenters. The van der Waals surface area contributed by atoms with E-state index in [1.54, 1.807) is 25.4 Å². The Morgan fingerprint density at radius 2 is 1.95 bits per heavy atom. The summed E-state index contributed by atoms with van der Waals surface area (Å²) >= 11 is 0. The second kappa shape index (κ2) is 9.95. The number of carbonyl (C=O) groups excluding carboxylic acids is 1. The summed E-state index contributed by atoms with van der Waals surface area (Å²) in [6, 6.07) is 5.48. The third-order valence-corrected chi connectivity index (χ3v) is 3.03. The summed E-state index contributed by atoms with van der Waals surface area (Å²) < 4.78 is 11.7. The highest BCUT2D eigenvalue weighted by atomic mass is 16.5. The summed E-state index contributed by atoms with van der Waals surface area (Å²) in [6.07, 6.45) is 5.06. The van der Waals surface area contributed by atoms with Gasteiger partial charge in [0, 0.05) is 25.6 Å². The molecule has 22 heavy (non-hydrogen) atoms. The van der Waals surface area contributed by atoms with E-state index in [1.807, 2.05) is 10.7 Å². The highest BCUT2D eigenvalue weighted by molar-refractivity contribution is 5.94. The lowest BCUT2D eigenvalue weighted by Crippen LogP contribution is -2.02. The van der Waals surface area contributed by atoms with Gasteiger partial charge in [-0.1, -0.05) is 20.3 Å². The Kier molecular flexibility index (Phi) is 8.22. The van der Waals surface area contributed by atoms with Crippen molar-refractivity contribution in [2.75, 3.05) is 20.8 Å². The van der Waals surface area contributed by atoms with E-state index in [1.165, 1.54) is 13.5 Å². The number of ether oxygens (including phenoxy) is 2. The molecule has 1 aromatic carbocycles. The van der Waals surface area contributed by atoms with Crippen LogP contribution in [-0.2, 0) is 16.0 Å². The fourth-order valence-electron chi connectivity index (χ4n) is 2.02. The standard InChI is InChI=1S/C14H18N2O3.C3H8/c1-18-8-4-3-7-16-13-6-5-11(14(17)19-2)9-12(13)10-15-16;1-3-2/h5-6,9-10H,3-4,7-8H2,1-2H3;3H2,1-2H3. The predicted molar refractivity (Wildman–Crippen MR) is 88.1 cm³/mol. The fraction of sp³-hybridized carbons (Fsp3) is 0.529. The van der Waals surface area contributed by atoms with Crippen molar-refractivity contribution in [3.63, 3.8) is 0 Å². The van der Waals surface area contributed by atoms with Crippen LogP contribution in [0.5, 0.6) is 0 Å². The quantitative estimate of drug-likeness (QED) is 0.603. The summed E-state index contributed by atoms with van der Waals surface area (Å²) in [5, 5.41) is 5.30. The molecule has 0 aliphatic carbocycles. The second-order valence-electron chi connectivity index (χ2n) is 5.04. The molecule has 1 aromatic heterocycles. The minimum absolute atomic E-state index is 0.324. The van der Waals surface area contributed by atoms with Gasteiger partial charge in [-0.3, -0.25) is 4.68 Å². The first-order valence-electron chi connectivity index (χ1n) is 7.70. The molecule has 1 heterocycles. The molecule has 0 saturated heterocycles. The summed E-state index contributed by atoms with van der Waals surface area (Å²) in [4.78, 5) is 11.4. The minimum Gasteiger partial charge on any atom is -0.465 e. The number of carbonyl (C=O) groups is 1. The van der Waals surface area contributed by atoms with Gasteiger partial charge in [0.15, 0.2) is 0 Å². The van der Waals surface area contributed by atoms with Gasteiger partial charge in [-0.25, -0.2) is 4.79 Å². The number of aromatic nitrogens is 2. The number of fused-ring (bicyclic) bond motifs is 1. The number of aryl methyl sites for hydroxylation is 1. The van der Waals surface area contributed by atoms with Gasteiger partial charge in [-0.2, -0.15) is 5.10 Å².